The van der Waals surface area contributed by atoms with Crippen molar-refractivity contribution in [2.75, 3.05) is 11.9 Å². The van der Waals surface area contributed by atoms with Crippen molar-refractivity contribution in [1.29, 1.82) is 0 Å². The molecule has 0 spiro atoms. The largest absolute Gasteiger partial charge is 0.384 e. The SMILES string of the molecule is CCCNC(=O)C(F)(F)C(O)C(NC(=O)Cn1c(-c2ccccc2)ccc(NC(C)=O)c1=O)C(C)C. The lowest BCUT2D eigenvalue weighted by Crippen LogP contribution is -2.59. The summed E-state index contributed by atoms with van der Waals surface area (Å²) in [7, 11) is 0. The summed E-state index contributed by atoms with van der Waals surface area (Å²) >= 11 is 0. The molecule has 2 rings (SSSR count). The van der Waals surface area contributed by atoms with Crippen LogP contribution in [0.15, 0.2) is 47.3 Å². The number of halogens is 2. The Balaban J connectivity index is 2.37. The second-order valence-electron chi connectivity index (χ2n) is 8.73. The molecule has 11 heteroatoms. The van der Waals surface area contributed by atoms with Crippen molar-refractivity contribution >= 4 is 23.4 Å². The van der Waals surface area contributed by atoms with Gasteiger partial charge < -0.3 is 21.1 Å². The van der Waals surface area contributed by atoms with Gasteiger partial charge in [-0.3, -0.25) is 23.7 Å². The predicted octanol–water partition coefficient (Wildman–Crippen LogP) is 2.14. The molecule has 1 heterocycles. The van der Waals surface area contributed by atoms with Gasteiger partial charge in [0.15, 0.2) is 0 Å². The van der Waals surface area contributed by atoms with Crippen LogP contribution in [0, 0.1) is 5.92 Å². The molecule has 0 radical (unpaired) electrons. The number of carbonyl (C=O) groups is 3. The van der Waals surface area contributed by atoms with Crippen molar-refractivity contribution in [2.45, 2.75) is 58.7 Å². The normalized spacial score (nSPS) is 13.1. The average molecular weight is 507 g/mol. The summed E-state index contributed by atoms with van der Waals surface area (Å²) in [6.07, 6.45) is -2.08. The number of benzene rings is 1. The van der Waals surface area contributed by atoms with Gasteiger partial charge in [0, 0.05) is 13.5 Å². The Morgan fingerprint density at radius 2 is 1.72 bits per heavy atom. The number of alkyl halides is 2. The fraction of sp³-hybridized carbons (Fsp3) is 0.440. The Morgan fingerprint density at radius 3 is 2.28 bits per heavy atom. The number of aromatic nitrogens is 1. The van der Waals surface area contributed by atoms with Crippen LogP contribution in [-0.4, -0.2) is 52.0 Å². The minimum Gasteiger partial charge on any atom is -0.384 e. The molecule has 0 saturated carbocycles. The number of nitrogens with one attached hydrogen (secondary N) is 3. The van der Waals surface area contributed by atoms with E-state index < -0.39 is 53.8 Å². The van der Waals surface area contributed by atoms with Crippen molar-refractivity contribution in [1.82, 2.24) is 15.2 Å². The molecule has 4 N–H and O–H groups in total. The minimum absolute atomic E-state index is 0.00959. The first-order valence-corrected chi connectivity index (χ1v) is 11.6. The van der Waals surface area contributed by atoms with Crippen LogP contribution in [0.3, 0.4) is 0 Å². The number of anilines is 1. The van der Waals surface area contributed by atoms with Crippen LogP contribution in [0.25, 0.3) is 11.3 Å². The zero-order chi connectivity index (χ0) is 27.0. The summed E-state index contributed by atoms with van der Waals surface area (Å²) in [6.45, 7) is 5.36. The van der Waals surface area contributed by atoms with Crippen LogP contribution in [0.2, 0.25) is 0 Å². The second kappa shape index (κ2) is 12.4. The standard InChI is InChI=1S/C25H32F2N4O5/c1-5-13-28-24(36)25(26,27)22(34)21(15(2)3)30-20(33)14-31-19(17-9-7-6-8-10-17)12-11-18(23(31)35)29-16(4)32/h6-12,15,21-22,34H,5,13-14H2,1-4H3,(H,28,36)(H,29,32)(H,30,33). The second-order valence-corrected chi connectivity index (χ2v) is 8.73. The van der Waals surface area contributed by atoms with Crippen molar-refractivity contribution in [3.05, 3.63) is 52.8 Å². The van der Waals surface area contributed by atoms with E-state index in [1.54, 1.807) is 43.3 Å². The van der Waals surface area contributed by atoms with Gasteiger partial charge in [0.25, 0.3) is 11.5 Å². The van der Waals surface area contributed by atoms with E-state index in [2.05, 4.69) is 16.0 Å². The molecule has 0 bridgehead atoms. The van der Waals surface area contributed by atoms with E-state index in [-0.39, 0.29) is 12.2 Å². The van der Waals surface area contributed by atoms with Crippen molar-refractivity contribution < 1.29 is 28.3 Å². The third kappa shape index (κ3) is 6.97. The lowest BCUT2D eigenvalue weighted by molar-refractivity contribution is -0.169. The van der Waals surface area contributed by atoms with E-state index in [0.29, 0.717) is 17.7 Å². The average Bonchev–Trinajstić information content (AvgIpc) is 2.83. The first-order chi connectivity index (χ1) is 16.9. The number of nitrogens with zero attached hydrogens (tertiary/aromatic N) is 1. The number of hydrogen-bond donors (Lipinski definition) is 4. The summed E-state index contributed by atoms with van der Waals surface area (Å²) in [5, 5.41) is 17.2. The number of aliphatic hydroxyl groups excluding tert-OH is 1. The molecule has 196 valence electrons. The highest BCUT2D eigenvalue weighted by Gasteiger charge is 2.51. The Labute approximate surface area is 207 Å². The minimum atomic E-state index is -4.16. The number of rotatable bonds is 11. The van der Waals surface area contributed by atoms with Crippen molar-refractivity contribution in [3.63, 3.8) is 0 Å². The summed E-state index contributed by atoms with van der Waals surface area (Å²) < 4.78 is 30.4. The van der Waals surface area contributed by atoms with Crippen molar-refractivity contribution in [2.24, 2.45) is 5.92 Å². The zero-order valence-corrected chi connectivity index (χ0v) is 20.7. The maximum atomic E-state index is 14.6. The molecule has 1 aromatic carbocycles. The predicted molar refractivity (Wildman–Crippen MR) is 131 cm³/mol. The smallest absolute Gasteiger partial charge is 0.351 e. The van der Waals surface area contributed by atoms with Gasteiger partial charge in [-0.2, -0.15) is 8.78 Å². The van der Waals surface area contributed by atoms with Gasteiger partial charge >= 0.3 is 5.92 Å². The molecule has 1 aromatic heterocycles. The number of amides is 3. The molecule has 2 atom stereocenters. The fourth-order valence-electron chi connectivity index (χ4n) is 3.58. The highest BCUT2D eigenvalue weighted by atomic mass is 19.3. The molecular formula is C25H32F2N4O5. The fourth-order valence-corrected chi connectivity index (χ4v) is 3.58. The van der Waals surface area contributed by atoms with Gasteiger partial charge in [0.2, 0.25) is 11.8 Å². The topological polar surface area (TPSA) is 130 Å². The van der Waals surface area contributed by atoms with E-state index in [4.69, 9.17) is 0 Å². The zero-order valence-electron chi connectivity index (χ0n) is 20.7. The van der Waals surface area contributed by atoms with Crippen LogP contribution in [-0.2, 0) is 20.9 Å². The third-order valence-electron chi connectivity index (χ3n) is 5.45. The molecule has 0 fully saturated rings. The van der Waals surface area contributed by atoms with Gasteiger partial charge in [-0.05, 0) is 30.0 Å². The van der Waals surface area contributed by atoms with Gasteiger partial charge in [0.1, 0.15) is 18.3 Å². The van der Waals surface area contributed by atoms with E-state index >= 15 is 0 Å². The van der Waals surface area contributed by atoms with Crippen LogP contribution in [0.1, 0.15) is 34.1 Å². The quantitative estimate of drug-likeness (QED) is 0.371. The van der Waals surface area contributed by atoms with Crippen LogP contribution in [0.4, 0.5) is 14.5 Å². The Kier molecular flexibility index (Phi) is 9.85. The van der Waals surface area contributed by atoms with E-state index in [9.17, 15) is 33.1 Å². The number of aliphatic hydroxyl groups is 1. The highest BCUT2D eigenvalue weighted by Crippen LogP contribution is 2.25. The molecule has 0 saturated heterocycles. The monoisotopic (exact) mass is 506 g/mol. The molecule has 0 aliphatic carbocycles. The lowest BCUT2D eigenvalue weighted by atomic mass is 9.93. The highest BCUT2D eigenvalue weighted by molar-refractivity contribution is 5.89. The molecule has 0 aliphatic heterocycles. The van der Waals surface area contributed by atoms with Crippen LogP contribution in [0.5, 0.6) is 0 Å². The van der Waals surface area contributed by atoms with Gasteiger partial charge in [0.05, 0.1) is 11.7 Å². The summed E-state index contributed by atoms with van der Waals surface area (Å²) in [4.78, 5) is 49.5. The maximum Gasteiger partial charge on any atom is 0.351 e. The Hall–Kier alpha value is -3.60. The molecule has 36 heavy (non-hydrogen) atoms. The van der Waals surface area contributed by atoms with Crippen LogP contribution >= 0.6 is 0 Å². The molecule has 2 unspecified atom stereocenters. The first-order valence-electron chi connectivity index (χ1n) is 11.6. The maximum absolute atomic E-state index is 14.6. The molecule has 2 aromatic rings. The summed E-state index contributed by atoms with van der Waals surface area (Å²) in [5.74, 6) is -7.79. The third-order valence-corrected chi connectivity index (χ3v) is 5.45. The Bertz CT molecular complexity index is 1140. The van der Waals surface area contributed by atoms with E-state index in [0.717, 1.165) is 4.57 Å². The first kappa shape index (κ1) is 28.6. The van der Waals surface area contributed by atoms with E-state index in [1.807, 2.05) is 0 Å². The van der Waals surface area contributed by atoms with E-state index in [1.165, 1.54) is 26.8 Å². The van der Waals surface area contributed by atoms with Gasteiger partial charge in [-0.25, -0.2) is 0 Å². The number of carbonyl (C=O) groups excluding carboxylic acids is 3. The Morgan fingerprint density at radius 1 is 1.08 bits per heavy atom. The molecule has 0 aliphatic rings. The summed E-state index contributed by atoms with van der Waals surface area (Å²) in [5.41, 5.74) is 0.231. The number of hydrogen-bond acceptors (Lipinski definition) is 5. The molecule has 3 amide bonds. The van der Waals surface area contributed by atoms with Gasteiger partial charge in [-0.15, -0.1) is 0 Å². The van der Waals surface area contributed by atoms with Gasteiger partial charge in [-0.1, -0.05) is 51.1 Å². The summed E-state index contributed by atoms with van der Waals surface area (Å²) in [6, 6.07) is 10.2. The molecule has 9 nitrogen and oxygen atoms in total. The van der Waals surface area contributed by atoms with Crippen LogP contribution < -0.4 is 21.5 Å². The number of pyridine rings is 1. The molecular weight excluding hydrogens is 474 g/mol. The lowest BCUT2D eigenvalue weighted by Gasteiger charge is -2.32. The van der Waals surface area contributed by atoms with Crippen molar-refractivity contribution in [3.8, 4) is 11.3 Å².